The number of amides is 1. The van der Waals surface area contributed by atoms with E-state index in [1.54, 1.807) is 6.92 Å². The maximum absolute atomic E-state index is 13.3. The molecule has 10 heteroatoms. The molecule has 2 aromatic carbocycles. The Labute approximate surface area is 174 Å². The number of benzene rings is 2. The molecule has 0 saturated carbocycles. The van der Waals surface area contributed by atoms with Gasteiger partial charge in [0.15, 0.2) is 5.13 Å². The number of carbonyl (C=O) groups excluding carboxylic acids is 2. The summed E-state index contributed by atoms with van der Waals surface area (Å²) in [6.45, 7) is 1.55. The lowest BCUT2D eigenvalue weighted by molar-refractivity contribution is -0.118. The maximum Gasteiger partial charge on any atom is 0.335 e. The highest BCUT2D eigenvalue weighted by molar-refractivity contribution is 7.18. The molecule has 0 fully saturated rings. The summed E-state index contributed by atoms with van der Waals surface area (Å²) in [6, 6.07) is 9.91. The van der Waals surface area contributed by atoms with E-state index >= 15 is 0 Å². The highest BCUT2D eigenvalue weighted by Gasteiger charge is 2.27. The lowest BCUT2D eigenvalue weighted by atomic mass is 10.1. The van der Waals surface area contributed by atoms with Gasteiger partial charge in [-0.25, -0.2) is 14.2 Å². The van der Waals surface area contributed by atoms with Crippen molar-refractivity contribution in [1.82, 2.24) is 4.98 Å². The molecule has 1 aromatic heterocycles. The number of aromatic carboxylic acids is 1. The second-order valence-corrected chi connectivity index (χ2v) is 7.32. The average Bonchev–Trinajstić information content (AvgIpc) is 3.10. The van der Waals surface area contributed by atoms with Crippen LogP contribution in [0.4, 0.5) is 21.0 Å². The smallest absolute Gasteiger partial charge is 0.335 e. The summed E-state index contributed by atoms with van der Waals surface area (Å²) in [5.41, 5.74) is 12.1. The molecule has 1 amide bonds. The first kappa shape index (κ1) is 20.9. The molecule has 0 radical (unpaired) electrons. The normalized spacial score (nSPS) is 11.7. The molecule has 5 N–H and O–H groups in total. The number of thiazole rings is 1. The molecule has 0 aliphatic carbocycles. The maximum atomic E-state index is 13.3. The van der Waals surface area contributed by atoms with Crippen LogP contribution in [0.5, 0.6) is 0 Å². The Kier molecular flexibility index (Phi) is 5.79. The van der Waals surface area contributed by atoms with Gasteiger partial charge in [-0.1, -0.05) is 23.5 Å². The molecule has 3 aromatic rings. The van der Waals surface area contributed by atoms with Gasteiger partial charge in [0.25, 0.3) is 0 Å². The summed E-state index contributed by atoms with van der Waals surface area (Å²) in [5, 5.41) is 9.21. The van der Waals surface area contributed by atoms with Crippen molar-refractivity contribution in [2.24, 2.45) is 5.73 Å². The third-order valence-electron chi connectivity index (χ3n) is 4.35. The van der Waals surface area contributed by atoms with Crippen LogP contribution >= 0.6 is 11.3 Å². The van der Waals surface area contributed by atoms with Crippen molar-refractivity contribution in [2.75, 3.05) is 10.6 Å². The van der Waals surface area contributed by atoms with Crippen LogP contribution in [0.3, 0.4) is 0 Å². The Hall–Kier alpha value is -3.79. The minimum atomic E-state index is -1.11. The number of aromatic nitrogens is 1. The molecule has 0 bridgehead atoms. The van der Waals surface area contributed by atoms with Gasteiger partial charge in [-0.15, -0.1) is 0 Å². The zero-order valence-corrected chi connectivity index (χ0v) is 16.5. The monoisotopic (exact) mass is 428 g/mol. The standard InChI is InChI=1S/C20H17FN4O4S/c1-10(18(23)27)25(14-8-6-13(21)7-9-14)20-24-17(22)16(30-20)15(26)11-2-4-12(5-3-11)19(28)29/h2-10H,22H2,1H3,(H2,23,27)(H,28,29). The van der Waals surface area contributed by atoms with Crippen LogP contribution in [0.1, 0.15) is 32.5 Å². The van der Waals surface area contributed by atoms with Gasteiger partial charge in [0.2, 0.25) is 11.7 Å². The van der Waals surface area contributed by atoms with Crippen molar-refractivity contribution in [2.45, 2.75) is 13.0 Å². The Morgan fingerprint density at radius 1 is 1.07 bits per heavy atom. The third kappa shape index (κ3) is 4.13. The Balaban J connectivity index is 2.00. The zero-order chi connectivity index (χ0) is 22.0. The molecule has 3 rings (SSSR count). The first-order valence-electron chi connectivity index (χ1n) is 8.67. The van der Waals surface area contributed by atoms with Crippen LogP contribution in [0.25, 0.3) is 0 Å². The predicted molar refractivity (Wildman–Crippen MR) is 111 cm³/mol. The van der Waals surface area contributed by atoms with E-state index < -0.39 is 29.5 Å². The topological polar surface area (TPSA) is 140 Å². The fourth-order valence-electron chi connectivity index (χ4n) is 2.71. The van der Waals surface area contributed by atoms with Crippen molar-refractivity contribution >= 4 is 45.6 Å². The second kappa shape index (κ2) is 8.29. The van der Waals surface area contributed by atoms with Gasteiger partial charge in [-0.3, -0.25) is 9.59 Å². The van der Waals surface area contributed by atoms with Crippen LogP contribution in [-0.2, 0) is 4.79 Å². The molecule has 8 nitrogen and oxygen atoms in total. The Morgan fingerprint density at radius 3 is 2.17 bits per heavy atom. The molecule has 1 heterocycles. The Morgan fingerprint density at radius 2 is 1.63 bits per heavy atom. The number of halogens is 1. The van der Waals surface area contributed by atoms with E-state index in [-0.39, 0.29) is 27.0 Å². The van der Waals surface area contributed by atoms with Gasteiger partial charge < -0.3 is 21.5 Å². The average molecular weight is 428 g/mol. The van der Waals surface area contributed by atoms with E-state index in [4.69, 9.17) is 16.6 Å². The quantitative estimate of drug-likeness (QED) is 0.492. The van der Waals surface area contributed by atoms with Gasteiger partial charge in [-0.2, -0.15) is 0 Å². The molecule has 1 unspecified atom stereocenters. The number of nitrogens with zero attached hydrogens (tertiary/aromatic N) is 2. The molecule has 0 saturated heterocycles. The number of anilines is 3. The lowest BCUT2D eigenvalue weighted by Gasteiger charge is -2.26. The van der Waals surface area contributed by atoms with Crippen LogP contribution < -0.4 is 16.4 Å². The van der Waals surface area contributed by atoms with Gasteiger partial charge >= 0.3 is 5.97 Å². The molecular weight excluding hydrogens is 411 g/mol. The van der Waals surface area contributed by atoms with Gasteiger partial charge in [0.1, 0.15) is 22.6 Å². The van der Waals surface area contributed by atoms with Gasteiger partial charge in [-0.05, 0) is 43.3 Å². The number of nitrogen functional groups attached to an aromatic ring is 1. The largest absolute Gasteiger partial charge is 0.478 e. The first-order chi connectivity index (χ1) is 14.2. The number of hydrogen-bond donors (Lipinski definition) is 3. The molecule has 0 spiro atoms. The highest BCUT2D eigenvalue weighted by atomic mass is 32.1. The number of rotatable bonds is 7. The molecular formula is C20H17FN4O4S. The second-order valence-electron chi connectivity index (χ2n) is 6.35. The molecule has 0 aliphatic rings. The fraction of sp³-hybridized carbons (Fsp3) is 0.100. The van der Waals surface area contributed by atoms with Gasteiger partial charge in [0.05, 0.1) is 5.56 Å². The van der Waals surface area contributed by atoms with Crippen LogP contribution in [0, 0.1) is 5.82 Å². The highest BCUT2D eigenvalue weighted by Crippen LogP contribution is 2.36. The van der Waals surface area contributed by atoms with Crippen molar-refractivity contribution in [3.05, 3.63) is 70.4 Å². The minimum absolute atomic E-state index is 0.0438. The summed E-state index contributed by atoms with van der Waals surface area (Å²) in [5.74, 6) is -2.70. The van der Waals surface area contributed by atoms with Crippen LogP contribution in [-0.4, -0.2) is 33.8 Å². The van der Waals surface area contributed by atoms with Crippen LogP contribution in [0.2, 0.25) is 0 Å². The number of carboxylic acids is 1. The molecule has 0 aliphatic heterocycles. The fourth-order valence-corrected chi connectivity index (χ4v) is 3.76. The zero-order valence-electron chi connectivity index (χ0n) is 15.7. The summed E-state index contributed by atoms with van der Waals surface area (Å²) in [4.78, 5) is 41.5. The van der Waals surface area contributed by atoms with E-state index in [9.17, 15) is 18.8 Å². The van der Waals surface area contributed by atoms with E-state index in [0.29, 0.717) is 5.69 Å². The molecule has 1 atom stereocenters. The number of ketones is 1. The van der Waals surface area contributed by atoms with E-state index in [1.165, 1.54) is 53.4 Å². The third-order valence-corrected chi connectivity index (χ3v) is 5.42. The minimum Gasteiger partial charge on any atom is -0.478 e. The number of hydrogen-bond acceptors (Lipinski definition) is 7. The number of nitrogens with two attached hydrogens (primary N) is 2. The Bertz CT molecular complexity index is 1110. The van der Waals surface area contributed by atoms with Crippen molar-refractivity contribution in [3.63, 3.8) is 0 Å². The number of carbonyl (C=O) groups is 3. The van der Waals surface area contributed by atoms with Gasteiger partial charge in [0, 0.05) is 11.3 Å². The first-order valence-corrected chi connectivity index (χ1v) is 9.49. The van der Waals surface area contributed by atoms with Crippen molar-refractivity contribution in [3.8, 4) is 0 Å². The predicted octanol–water partition coefficient (Wildman–Crippen LogP) is 2.81. The summed E-state index contributed by atoms with van der Waals surface area (Å²) in [6.07, 6.45) is 0. The summed E-state index contributed by atoms with van der Waals surface area (Å²) < 4.78 is 13.3. The lowest BCUT2D eigenvalue weighted by Crippen LogP contribution is -2.39. The number of primary amides is 1. The summed E-state index contributed by atoms with van der Waals surface area (Å²) >= 11 is 0.948. The molecule has 30 heavy (non-hydrogen) atoms. The summed E-state index contributed by atoms with van der Waals surface area (Å²) in [7, 11) is 0. The molecule has 154 valence electrons. The van der Waals surface area contributed by atoms with E-state index in [0.717, 1.165) is 11.3 Å². The van der Waals surface area contributed by atoms with Crippen LogP contribution in [0.15, 0.2) is 48.5 Å². The SMILES string of the molecule is CC(C(N)=O)N(c1ccc(F)cc1)c1nc(N)c(C(=O)c2ccc(C(=O)O)cc2)s1. The van der Waals surface area contributed by atoms with E-state index in [1.807, 2.05) is 0 Å². The van der Waals surface area contributed by atoms with E-state index in [2.05, 4.69) is 4.98 Å². The van der Waals surface area contributed by atoms with Crippen molar-refractivity contribution in [1.29, 1.82) is 0 Å². The van der Waals surface area contributed by atoms with Crippen molar-refractivity contribution < 1.29 is 23.9 Å². The number of carboxylic acid groups (broad SMARTS) is 1.